The topological polar surface area (TPSA) is 90.9 Å². The number of benzene rings is 1. The second-order valence-corrected chi connectivity index (χ2v) is 9.07. The number of rotatable bonds is 5. The molecule has 0 amide bonds. The largest absolute Gasteiger partial charge is 0.383 e. The molecule has 0 spiro atoms. The molecule has 166 valence electrons. The van der Waals surface area contributed by atoms with E-state index >= 15 is 4.39 Å². The molecule has 0 radical (unpaired) electrons. The third-order valence-corrected chi connectivity index (χ3v) is 7.30. The molecular formula is C23H25FN6OS. The van der Waals surface area contributed by atoms with Crippen molar-refractivity contribution in [2.24, 2.45) is 7.05 Å². The summed E-state index contributed by atoms with van der Waals surface area (Å²) in [6.07, 6.45) is 6.97. The van der Waals surface area contributed by atoms with Crippen molar-refractivity contribution in [1.29, 1.82) is 0 Å². The maximum atomic E-state index is 15.7. The Hall–Kier alpha value is -2.88. The monoisotopic (exact) mass is 452 g/mol. The number of halogens is 1. The van der Waals surface area contributed by atoms with Crippen LogP contribution in [-0.4, -0.2) is 39.8 Å². The number of thiazole rings is 1. The highest BCUT2D eigenvalue weighted by atomic mass is 32.1. The molecule has 4 aromatic rings. The molecule has 32 heavy (non-hydrogen) atoms. The zero-order chi connectivity index (χ0) is 22.2. The van der Waals surface area contributed by atoms with E-state index in [0.717, 1.165) is 42.3 Å². The van der Waals surface area contributed by atoms with Crippen LogP contribution >= 0.6 is 11.3 Å². The van der Waals surface area contributed by atoms with Crippen molar-refractivity contribution < 1.29 is 9.13 Å². The zero-order valence-corrected chi connectivity index (χ0v) is 18.9. The molecule has 0 saturated carbocycles. The molecule has 0 unspecified atom stereocenters. The maximum absolute atomic E-state index is 15.7. The Labute approximate surface area is 189 Å². The van der Waals surface area contributed by atoms with Gasteiger partial charge in [0, 0.05) is 54.4 Å². The summed E-state index contributed by atoms with van der Waals surface area (Å²) in [4.78, 5) is 14.7. The summed E-state index contributed by atoms with van der Waals surface area (Å²) < 4.78 is 23.0. The van der Waals surface area contributed by atoms with Crippen LogP contribution in [0, 0.1) is 5.82 Å². The summed E-state index contributed by atoms with van der Waals surface area (Å²) in [6, 6.07) is 3.68. The summed E-state index contributed by atoms with van der Waals surface area (Å²) >= 11 is 1.67. The molecule has 0 atom stereocenters. The standard InChI is InChI=1S/C23H25FN6OS/c1-26-10-17-21(13-5-7-31-8-6-13)32-23(29-17)16-9-28-22(25)19-14(16)3-4-15(20(19)24)18-11-27-12-30(18)2/h3-4,9,11-13,26H,5-8,10H2,1-2H3,(H2,25,28). The predicted octanol–water partition coefficient (Wildman–Crippen LogP) is 4.09. The summed E-state index contributed by atoms with van der Waals surface area (Å²) in [5, 5.41) is 5.09. The number of hydrogen-bond acceptors (Lipinski definition) is 7. The van der Waals surface area contributed by atoms with Crippen molar-refractivity contribution in [3.8, 4) is 21.8 Å². The lowest BCUT2D eigenvalue weighted by atomic mass is 9.97. The third-order valence-electron chi connectivity index (χ3n) is 6.01. The van der Waals surface area contributed by atoms with Gasteiger partial charge in [-0.3, -0.25) is 0 Å². The van der Waals surface area contributed by atoms with E-state index in [-0.39, 0.29) is 5.82 Å². The molecule has 1 aromatic carbocycles. The van der Waals surface area contributed by atoms with Crippen LogP contribution in [0.2, 0.25) is 0 Å². The fraction of sp³-hybridized carbons (Fsp3) is 0.348. The number of pyridine rings is 1. The van der Waals surface area contributed by atoms with E-state index in [1.54, 1.807) is 40.7 Å². The highest BCUT2D eigenvalue weighted by Crippen LogP contribution is 2.41. The Kier molecular flexibility index (Phi) is 5.62. The van der Waals surface area contributed by atoms with E-state index in [1.165, 1.54) is 4.88 Å². The number of nitrogens with two attached hydrogens (primary N) is 1. The van der Waals surface area contributed by atoms with Gasteiger partial charge < -0.3 is 20.4 Å². The van der Waals surface area contributed by atoms with Crippen LogP contribution in [0.3, 0.4) is 0 Å². The molecule has 5 rings (SSSR count). The molecule has 3 N–H and O–H groups in total. The molecule has 0 aliphatic carbocycles. The quantitative estimate of drug-likeness (QED) is 0.474. The minimum absolute atomic E-state index is 0.168. The van der Waals surface area contributed by atoms with E-state index in [0.29, 0.717) is 34.5 Å². The molecule has 1 fully saturated rings. The van der Waals surface area contributed by atoms with Gasteiger partial charge in [-0.1, -0.05) is 6.07 Å². The minimum atomic E-state index is -0.394. The fourth-order valence-corrected chi connectivity index (χ4v) is 5.63. The van der Waals surface area contributed by atoms with Gasteiger partial charge in [0.15, 0.2) is 0 Å². The first-order valence-electron chi connectivity index (χ1n) is 10.6. The molecule has 1 saturated heterocycles. The number of aryl methyl sites for hydroxylation is 1. The average molecular weight is 453 g/mol. The summed E-state index contributed by atoms with van der Waals surface area (Å²) in [6.45, 7) is 2.22. The van der Waals surface area contributed by atoms with Crippen LogP contribution in [0.4, 0.5) is 10.2 Å². The number of imidazole rings is 1. The van der Waals surface area contributed by atoms with Crippen LogP contribution < -0.4 is 11.1 Å². The first-order chi connectivity index (χ1) is 15.6. The fourth-order valence-electron chi connectivity index (χ4n) is 4.36. The molecule has 9 heteroatoms. The Morgan fingerprint density at radius 1 is 1.25 bits per heavy atom. The van der Waals surface area contributed by atoms with E-state index in [1.807, 2.05) is 20.2 Å². The van der Waals surface area contributed by atoms with E-state index in [2.05, 4.69) is 15.3 Å². The van der Waals surface area contributed by atoms with Gasteiger partial charge in [-0.15, -0.1) is 11.3 Å². The van der Waals surface area contributed by atoms with Crippen LogP contribution in [0.15, 0.2) is 30.9 Å². The molecule has 1 aliphatic rings. The van der Waals surface area contributed by atoms with E-state index in [4.69, 9.17) is 15.5 Å². The van der Waals surface area contributed by atoms with E-state index < -0.39 is 5.82 Å². The molecule has 3 aromatic heterocycles. The Morgan fingerprint density at radius 3 is 2.78 bits per heavy atom. The lowest BCUT2D eigenvalue weighted by molar-refractivity contribution is 0.0858. The van der Waals surface area contributed by atoms with Crippen molar-refractivity contribution in [3.63, 3.8) is 0 Å². The van der Waals surface area contributed by atoms with Gasteiger partial charge in [0.2, 0.25) is 0 Å². The lowest BCUT2D eigenvalue weighted by Gasteiger charge is -2.21. The zero-order valence-electron chi connectivity index (χ0n) is 18.1. The normalized spacial score (nSPS) is 15.0. The summed E-state index contributed by atoms with van der Waals surface area (Å²) in [5.74, 6) is 0.205. The summed E-state index contributed by atoms with van der Waals surface area (Å²) in [7, 11) is 3.75. The van der Waals surface area contributed by atoms with Crippen LogP contribution in [0.1, 0.15) is 29.3 Å². The average Bonchev–Trinajstić information content (AvgIpc) is 3.41. The second-order valence-electron chi connectivity index (χ2n) is 8.04. The Morgan fingerprint density at radius 2 is 2.06 bits per heavy atom. The van der Waals surface area contributed by atoms with E-state index in [9.17, 15) is 0 Å². The molecule has 0 bridgehead atoms. The number of anilines is 1. The number of ether oxygens (including phenoxy) is 1. The molecule has 1 aliphatic heterocycles. The number of nitrogens with one attached hydrogen (secondary N) is 1. The SMILES string of the molecule is CNCc1nc(-c2cnc(N)c3c(F)c(-c4cncn4C)ccc23)sc1C1CCOCC1. The van der Waals surface area contributed by atoms with Gasteiger partial charge in [0.05, 0.1) is 29.3 Å². The van der Waals surface area contributed by atoms with Gasteiger partial charge in [0.25, 0.3) is 0 Å². The van der Waals surface area contributed by atoms with Gasteiger partial charge >= 0.3 is 0 Å². The van der Waals surface area contributed by atoms with Crippen molar-refractivity contribution in [2.45, 2.75) is 25.3 Å². The number of nitrogens with zero attached hydrogens (tertiary/aromatic N) is 4. The molecular weight excluding hydrogens is 427 g/mol. The number of fused-ring (bicyclic) bond motifs is 1. The van der Waals surface area contributed by atoms with Crippen molar-refractivity contribution in [1.82, 2.24) is 24.8 Å². The number of aromatic nitrogens is 4. The van der Waals surface area contributed by atoms with Gasteiger partial charge in [-0.05, 0) is 31.9 Å². The van der Waals surface area contributed by atoms with Gasteiger partial charge in [-0.25, -0.2) is 19.3 Å². The van der Waals surface area contributed by atoms with Crippen LogP contribution in [-0.2, 0) is 18.3 Å². The number of nitrogen functional groups attached to an aromatic ring is 1. The third kappa shape index (κ3) is 3.56. The maximum Gasteiger partial charge on any atom is 0.144 e. The van der Waals surface area contributed by atoms with Crippen molar-refractivity contribution in [3.05, 3.63) is 47.2 Å². The highest BCUT2D eigenvalue weighted by Gasteiger charge is 2.25. The highest BCUT2D eigenvalue weighted by molar-refractivity contribution is 7.15. The van der Waals surface area contributed by atoms with Gasteiger partial charge in [0.1, 0.15) is 16.6 Å². The summed E-state index contributed by atoms with van der Waals surface area (Å²) in [5.41, 5.74) is 9.11. The van der Waals surface area contributed by atoms with Crippen molar-refractivity contribution in [2.75, 3.05) is 26.0 Å². The Bertz CT molecular complexity index is 1280. The first-order valence-corrected chi connectivity index (χ1v) is 11.5. The predicted molar refractivity (Wildman–Crippen MR) is 125 cm³/mol. The second kappa shape index (κ2) is 8.57. The van der Waals surface area contributed by atoms with Gasteiger partial charge in [-0.2, -0.15) is 0 Å². The lowest BCUT2D eigenvalue weighted by Crippen LogP contribution is -2.16. The van der Waals surface area contributed by atoms with Crippen LogP contribution in [0.5, 0.6) is 0 Å². The smallest absolute Gasteiger partial charge is 0.144 e. The molecule has 7 nitrogen and oxygen atoms in total. The van der Waals surface area contributed by atoms with Crippen LogP contribution in [0.25, 0.3) is 32.6 Å². The molecule has 4 heterocycles. The van der Waals surface area contributed by atoms with Crippen molar-refractivity contribution >= 4 is 27.9 Å². The first kappa shape index (κ1) is 21.0. The Balaban J connectivity index is 1.66. The number of hydrogen-bond donors (Lipinski definition) is 2. The minimum Gasteiger partial charge on any atom is -0.383 e.